The second-order valence-corrected chi connectivity index (χ2v) is 8.55. The molecular formula is C16H25BrN2O2S. The van der Waals surface area contributed by atoms with E-state index < -0.39 is 5.60 Å². The highest BCUT2D eigenvalue weighted by Crippen LogP contribution is 2.23. The van der Waals surface area contributed by atoms with E-state index in [4.69, 9.17) is 4.74 Å². The molecule has 1 aliphatic rings. The first-order valence-corrected chi connectivity index (χ1v) is 9.45. The Balaban J connectivity index is 1.89. The fraction of sp³-hybridized carbons (Fsp3) is 0.688. The second kappa shape index (κ2) is 7.79. The normalized spacial score (nSPS) is 19.8. The molecular weight excluding hydrogens is 364 g/mol. The number of thiophene rings is 1. The Hall–Kier alpha value is -0.590. The fourth-order valence-corrected chi connectivity index (χ4v) is 3.93. The van der Waals surface area contributed by atoms with E-state index in [0.29, 0.717) is 6.04 Å². The molecule has 0 aliphatic carbocycles. The average Bonchev–Trinajstić information content (AvgIpc) is 2.69. The zero-order valence-corrected chi connectivity index (χ0v) is 15.9. The van der Waals surface area contributed by atoms with Crippen molar-refractivity contribution < 1.29 is 9.53 Å². The third kappa shape index (κ3) is 5.56. The van der Waals surface area contributed by atoms with Crippen LogP contribution in [0.15, 0.2) is 15.9 Å². The van der Waals surface area contributed by atoms with Gasteiger partial charge in [-0.25, -0.2) is 4.79 Å². The molecule has 1 aliphatic heterocycles. The van der Waals surface area contributed by atoms with E-state index in [1.165, 1.54) is 4.88 Å². The van der Waals surface area contributed by atoms with Gasteiger partial charge in [-0.3, -0.25) is 0 Å². The molecule has 0 aromatic carbocycles. The van der Waals surface area contributed by atoms with Gasteiger partial charge in [0.25, 0.3) is 0 Å². The number of carbonyl (C=O) groups excluding carboxylic acids is 1. The van der Waals surface area contributed by atoms with E-state index in [1.54, 1.807) is 11.3 Å². The maximum absolute atomic E-state index is 12.3. The predicted molar refractivity (Wildman–Crippen MR) is 94.3 cm³/mol. The number of likely N-dealkylation sites (tertiary alicyclic amines) is 1. The van der Waals surface area contributed by atoms with Gasteiger partial charge in [0.2, 0.25) is 0 Å². The van der Waals surface area contributed by atoms with Gasteiger partial charge in [0, 0.05) is 35.0 Å². The van der Waals surface area contributed by atoms with Gasteiger partial charge in [-0.15, -0.1) is 11.3 Å². The summed E-state index contributed by atoms with van der Waals surface area (Å²) >= 11 is 5.30. The van der Waals surface area contributed by atoms with Gasteiger partial charge in [0.15, 0.2) is 0 Å². The SMILES string of the molecule is CC(C)(C)OC(=O)N1CCCCC(NCc2sccc2Br)C1. The number of rotatable bonds is 3. The lowest BCUT2D eigenvalue weighted by molar-refractivity contribution is 0.0243. The maximum Gasteiger partial charge on any atom is 0.410 e. The first-order valence-electron chi connectivity index (χ1n) is 7.78. The van der Waals surface area contributed by atoms with Gasteiger partial charge in [0.05, 0.1) is 0 Å². The summed E-state index contributed by atoms with van der Waals surface area (Å²) in [5.41, 5.74) is -0.436. The molecule has 22 heavy (non-hydrogen) atoms. The Labute approximate surface area is 145 Å². The van der Waals surface area contributed by atoms with Crippen molar-refractivity contribution >= 4 is 33.4 Å². The summed E-state index contributed by atoms with van der Waals surface area (Å²) in [7, 11) is 0. The highest BCUT2D eigenvalue weighted by molar-refractivity contribution is 9.10. The number of amides is 1. The van der Waals surface area contributed by atoms with E-state index in [-0.39, 0.29) is 6.09 Å². The van der Waals surface area contributed by atoms with Gasteiger partial charge in [0.1, 0.15) is 5.60 Å². The lowest BCUT2D eigenvalue weighted by Crippen LogP contribution is -2.44. The zero-order chi connectivity index (χ0) is 16.2. The van der Waals surface area contributed by atoms with Crippen LogP contribution in [0.2, 0.25) is 0 Å². The minimum absolute atomic E-state index is 0.196. The van der Waals surface area contributed by atoms with Crippen molar-refractivity contribution in [2.45, 2.75) is 58.2 Å². The van der Waals surface area contributed by atoms with Crippen LogP contribution < -0.4 is 5.32 Å². The van der Waals surface area contributed by atoms with Crippen LogP contribution in [0, 0.1) is 0 Å². The summed E-state index contributed by atoms with van der Waals surface area (Å²) in [5, 5.41) is 5.67. The summed E-state index contributed by atoms with van der Waals surface area (Å²) in [5.74, 6) is 0. The van der Waals surface area contributed by atoms with Crippen molar-refractivity contribution in [1.82, 2.24) is 10.2 Å². The lowest BCUT2D eigenvalue weighted by Gasteiger charge is -2.28. The summed E-state index contributed by atoms with van der Waals surface area (Å²) in [6.45, 7) is 8.07. The molecule has 0 spiro atoms. The lowest BCUT2D eigenvalue weighted by atomic mass is 10.1. The van der Waals surface area contributed by atoms with Crippen LogP contribution in [-0.4, -0.2) is 35.7 Å². The zero-order valence-electron chi connectivity index (χ0n) is 13.5. The third-order valence-corrected chi connectivity index (χ3v) is 5.49. The Morgan fingerprint density at radius 3 is 2.91 bits per heavy atom. The molecule has 1 fully saturated rings. The summed E-state index contributed by atoms with van der Waals surface area (Å²) in [6.07, 6.45) is 3.09. The Morgan fingerprint density at radius 1 is 1.50 bits per heavy atom. The largest absolute Gasteiger partial charge is 0.444 e. The van der Waals surface area contributed by atoms with Crippen molar-refractivity contribution in [3.63, 3.8) is 0 Å². The van der Waals surface area contributed by atoms with Gasteiger partial charge in [-0.05, 0) is 61.0 Å². The molecule has 1 unspecified atom stereocenters. The number of nitrogens with zero attached hydrogens (tertiary/aromatic N) is 1. The van der Waals surface area contributed by atoms with Crippen molar-refractivity contribution in [3.05, 3.63) is 20.8 Å². The van der Waals surface area contributed by atoms with E-state index >= 15 is 0 Å². The van der Waals surface area contributed by atoms with Crippen LogP contribution in [0.1, 0.15) is 44.9 Å². The average molecular weight is 389 g/mol. The fourth-order valence-electron chi connectivity index (χ4n) is 2.49. The van der Waals surface area contributed by atoms with Crippen molar-refractivity contribution in [3.8, 4) is 0 Å². The highest BCUT2D eigenvalue weighted by Gasteiger charge is 2.26. The Bertz CT molecular complexity index is 499. The molecule has 124 valence electrons. The van der Waals surface area contributed by atoms with E-state index in [0.717, 1.165) is 43.4 Å². The second-order valence-electron chi connectivity index (χ2n) is 6.69. The molecule has 2 heterocycles. The van der Waals surface area contributed by atoms with Gasteiger partial charge in [-0.2, -0.15) is 0 Å². The van der Waals surface area contributed by atoms with E-state index in [1.807, 2.05) is 25.7 Å². The number of hydrogen-bond donors (Lipinski definition) is 1. The number of hydrogen-bond acceptors (Lipinski definition) is 4. The number of ether oxygens (including phenoxy) is 1. The molecule has 1 amide bonds. The standard InChI is InChI=1S/C16H25BrN2O2S/c1-16(2,3)21-15(20)19-8-5-4-6-12(11-19)18-10-14-13(17)7-9-22-14/h7,9,12,18H,4-6,8,10-11H2,1-3H3. The first-order chi connectivity index (χ1) is 10.3. The maximum atomic E-state index is 12.3. The molecule has 1 atom stereocenters. The molecule has 1 aromatic heterocycles. The highest BCUT2D eigenvalue weighted by atomic mass is 79.9. The topological polar surface area (TPSA) is 41.6 Å². The molecule has 0 bridgehead atoms. The van der Waals surface area contributed by atoms with Crippen molar-refractivity contribution in [1.29, 1.82) is 0 Å². The summed E-state index contributed by atoms with van der Waals surface area (Å²) < 4.78 is 6.66. The Morgan fingerprint density at radius 2 is 2.27 bits per heavy atom. The Kier molecular flexibility index (Phi) is 6.29. The van der Waals surface area contributed by atoms with Crippen LogP contribution in [0.25, 0.3) is 0 Å². The molecule has 1 saturated heterocycles. The van der Waals surface area contributed by atoms with Gasteiger partial charge >= 0.3 is 6.09 Å². The molecule has 4 nitrogen and oxygen atoms in total. The van der Waals surface area contributed by atoms with Crippen molar-refractivity contribution in [2.75, 3.05) is 13.1 Å². The molecule has 0 radical (unpaired) electrons. The third-order valence-electron chi connectivity index (χ3n) is 3.57. The quantitative estimate of drug-likeness (QED) is 0.834. The monoisotopic (exact) mass is 388 g/mol. The van der Waals surface area contributed by atoms with Crippen LogP contribution in [0.3, 0.4) is 0 Å². The molecule has 1 aromatic rings. The first kappa shape index (κ1) is 17.8. The van der Waals surface area contributed by atoms with Crippen LogP contribution >= 0.6 is 27.3 Å². The van der Waals surface area contributed by atoms with Gasteiger partial charge < -0.3 is 15.0 Å². The number of nitrogens with one attached hydrogen (secondary N) is 1. The minimum atomic E-state index is -0.436. The summed E-state index contributed by atoms with van der Waals surface area (Å²) in [4.78, 5) is 15.4. The number of halogens is 1. The van der Waals surface area contributed by atoms with Crippen LogP contribution in [0.4, 0.5) is 4.79 Å². The smallest absolute Gasteiger partial charge is 0.410 e. The van der Waals surface area contributed by atoms with Crippen LogP contribution in [-0.2, 0) is 11.3 Å². The van der Waals surface area contributed by atoms with Gasteiger partial charge in [-0.1, -0.05) is 6.42 Å². The van der Waals surface area contributed by atoms with E-state index in [2.05, 4.69) is 32.7 Å². The van der Waals surface area contributed by atoms with Crippen molar-refractivity contribution in [2.24, 2.45) is 0 Å². The van der Waals surface area contributed by atoms with Crippen LogP contribution in [0.5, 0.6) is 0 Å². The molecule has 2 rings (SSSR count). The molecule has 1 N–H and O–H groups in total. The summed E-state index contributed by atoms with van der Waals surface area (Å²) in [6, 6.07) is 2.39. The van der Waals surface area contributed by atoms with E-state index in [9.17, 15) is 4.79 Å². The molecule has 6 heteroatoms. The molecule has 0 saturated carbocycles. The minimum Gasteiger partial charge on any atom is -0.444 e. The number of carbonyl (C=O) groups is 1. The predicted octanol–water partition coefficient (Wildman–Crippen LogP) is 4.39.